The fourth-order valence-electron chi connectivity index (χ4n) is 1.93. The van der Waals surface area contributed by atoms with E-state index in [0.29, 0.717) is 11.8 Å². The molecule has 2 rings (SSSR count). The molecule has 0 bridgehead atoms. The van der Waals surface area contributed by atoms with Crippen LogP contribution in [0.2, 0.25) is 0 Å². The lowest BCUT2D eigenvalue weighted by Gasteiger charge is -2.16. The fraction of sp³-hybridized carbons (Fsp3) is 0.200. The molecule has 0 saturated heterocycles. The van der Waals surface area contributed by atoms with Gasteiger partial charge in [-0.2, -0.15) is 0 Å². The Kier molecular flexibility index (Phi) is 5.50. The Morgan fingerprint density at radius 1 is 1.05 bits per heavy atom. The Morgan fingerprint density at radius 2 is 1.67 bits per heavy atom. The minimum Gasteiger partial charge on any atom is -0.207 e. The third kappa shape index (κ3) is 4.62. The number of hydrogen-bond donors (Lipinski definition) is 1. The lowest BCUT2D eigenvalue weighted by Crippen LogP contribution is -2.37. The molecular weight excluding hydrogens is 357 g/mol. The molecule has 1 N–H and O–H groups in total. The molecule has 0 aliphatic carbocycles. The lowest BCUT2D eigenvalue weighted by molar-refractivity contribution is 0.562. The van der Waals surface area contributed by atoms with Gasteiger partial charge in [-0.1, -0.05) is 46.3 Å². The van der Waals surface area contributed by atoms with Crippen molar-refractivity contribution in [3.05, 3.63) is 66.0 Å². The standard InChI is InChI=1S/C15H15BrFNO2S/c16-11-14(10-12-4-2-1-3-5-12)18-21(19,20)15-8-6-13(17)7-9-15/h1-9,14,18H,10-11H2. The van der Waals surface area contributed by atoms with Crippen molar-refractivity contribution in [2.45, 2.75) is 17.4 Å². The second-order valence-electron chi connectivity index (χ2n) is 4.62. The van der Waals surface area contributed by atoms with Gasteiger partial charge in [0.15, 0.2) is 0 Å². The Labute approximate surface area is 132 Å². The van der Waals surface area contributed by atoms with Crippen LogP contribution in [0.4, 0.5) is 4.39 Å². The van der Waals surface area contributed by atoms with Crippen LogP contribution >= 0.6 is 15.9 Å². The van der Waals surface area contributed by atoms with Gasteiger partial charge in [-0.05, 0) is 36.2 Å². The largest absolute Gasteiger partial charge is 0.240 e. The lowest BCUT2D eigenvalue weighted by atomic mass is 10.1. The van der Waals surface area contributed by atoms with E-state index >= 15 is 0 Å². The summed E-state index contributed by atoms with van der Waals surface area (Å²) < 4.78 is 40.0. The summed E-state index contributed by atoms with van der Waals surface area (Å²) >= 11 is 3.32. The predicted octanol–water partition coefficient (Wildman–Crippen LogP) is 3.11. The summed E-state index contributed by atoms with van der Waals surface area (Å²) in [4.78, 5) is 0.0583. The van der Waals surface area contributed by atoms with E-state index in [0.717, 1.165) is 17.7 Å². The second kappa shape index (κ2) is 7.15. The Hall–Kier alpha value is -1.24. The van der Waals surface area contributed by atoms with Gasteiger partial charge in [-0.15, -0.1) is 0 Å². The van der Waals surface area contributed by atoms with Crippen LogP contribution in [0.25, 0.3) is 0 Å². The van der Waals surface area contributed by atoms with Crippen LogP contribution in [0.5, 0.6) is 0 Å². The van der Waals surface area contributed by atoms with Crippen LogP contribution in [0.1, 0.15) is 5.56 Å². The highest BCUT2D eigenvalue weighted by molar-refractivity contribution is 9.09. The molecule has 0 aromatic heterocycles. The summed E-state index contributed by atoms with van der Waals surface area (Å²) in [6.45, 7) is 0. The number of hydrogen-bond acceptors (Lipinski definition) is 2. The molecule has 0 aliphatic heterocycles. The van der Waals surface area contributed by atoms with Crippen LogP contribution in [0.3, 0.4) is 0 Å². The summed E-state index contributed by atoms with van der Waals surface area (Å²) in [5.74, 6) is -0.463. The molecule has 2 aromatic carbocycles. The van der Waals surface area contributed by atoms with E-state index < -0.39 is 15.8 Å². The molecule has 0 fully saturated rings. The molecule has 6 heteroatoms. The number of rotatable bonds is 6. The highest BCUT2D eigenvalue weighted by Gasteiger charge is 2.19. The normalized spacial score (nSPS) is 13.0. The van der Waals surface area contributed by atoms with Gasteiger partial charge in [-0.3, -0.25) is 0 Å². The zero-order chi connectivity index (χ0) is 15.3. The third-order valence-corrected chi connectivity index (χ3v) is 5.27. The Balaban J connectivity index is 2.12. The van der Waals surface area contributed by atoms with Crippen molar-refractivity contribution in [2.75, 3.05) is 5.33 Å². The van der Waals surface area contributed by atoms with Crippen molar-refractivity contribution in [2.24, 2.45) is 0 Å². The van der Waals surface area contributed by atoms with Crippen molar-refractivity contribution in [1.82, 2.24) is 4.72 Å². The second-order valence-corrected chi connectivity index (χ2v) is 6.98. The highest BCUT2D eigenvalue weighted by atomic mass is 79.9. The Morgan fingerprint density at radius 3 is 2.24 bits per heavy atom. The highest BCUT2D eigenvalue weighted by Crippen LogP contribution is 2.13. The zero-order valence-electron chi connectivity index (χ0n) is 11.2. The zero-order valence-corrected chi connectivity index (χ0v) is 13.6. The molecule has 21 heavy (non-hydrogen) atoms. The van der Waals surface area contributed by atoms with Gasteiger partial charge in [-0.25, -0.2) is 17.5 Å². The summed E-state index contributed by atoms with van der Waals surface area (Å²) in [6.07, 6.45) is 0.576. The van der Waals surface area contributed by atoms with Crippen LogP contribution in [0.15, 0.2) is 59.5 Å². The third-order valence-electron chi connectivity index (χ3n) is 2.96. The van der Waals surface area contributed by atoms with E-state index in [1.54, 1.807) is 0 Å². The van der Waals surface area contributed by atoms with Gasteiger partial charge < -0.3 is 0 Å². The molecular formula is C15H15BrFNO2S. The summed E-state index contributed by atoms with van der Waals surface area (Å²) in [5, 5.41) is 0.488. The topological polar surface area (TPSA) is 46.2 Å². The quantitative estimate of drug-likeness (QED) is 0.793. The Bertz CT molecular complexity index is 675. The number of halogens is 2. The first-order valence-corrected chi connectivity index (χ1v) is 8.99. The van der Waals surface area contributed by atoms with Crippen molar-refractivity contribution in [3.8, 4) is 0 Å². The van der Waals surface area contributed by atoms with Crippen LogP contribution in [-0.4, -0.2) is 19.8 Å². The maximum absolute atomic E-state index is 12.9. The van der Waals surface area contributed by atoms with Gasteiger partial charge in [0.25, 0.3) is 0 Å². The SMILES string of the molecule is O=S(=O)(NC(CBr)Cc1ccccc1)c1ccc(F)cc1. The van der Waals surface area contributed by atoms with E-state index in [2.05, 4.69) is 20.7 Å². The van der Waals surface area contributed by atoms with Crippen molar-refractivity contribution >= 4 is 26.0 Å². The molecule has 0 amide bonds. The first-order valence-electron chi connectivity index (χ1n) is 6.39. The molecule has 3 nitrogen and oxygen atoms in total. The molecule has 2 aromatic rings. The summed E-state index contributed by atoms with van der Waals surface area (Å²) in [7, 11) is -3.66. The maximum atomic E-state index is 12.9. The van der Waals surface area contributed by atoms with Crippen LogP contribution in [-0.2, 0) is 16.4 Å². The average molecular weight is 372 g/mol. The van der Waals surface area contributed by atoms with E-state index in [1.807, 2.05) is 30.3 Å². The first-order chi connectivity index (χ1) is 10.0. The van der Waals surface area contributed by atoms with Gasteiger partial charge in [0.1, 0.15) is 5.82 Å². The van der Waals surface area contributed by atoms with Gasteiger partial charge in [0, 0.05) is 11.4 Å². The van der Waals surface area contributed by atoms with E-state index in [1.165, 1.54) is 12.1 Å². The van der Waals surface area contributed by atoms with Gasteiger partial charge >= 0.3 is 0 Å². The maximum Gasteiger partial charge on any atom is 0.240 e. The molecule has 0 heterocycles. The minimum absolute atomic E-state index is 0.0583. The molecule has 0 saturated carbocycles. The molecule has 0 spiro atoms. The number of benzene rings is 2. The summed E-state index contributed by atoms with van der Waals surface area (Å²) in [6, 6.07) is 14.1. The van der Waals surface area contributed by atoms with E-state index in [-0.39, 0.29) is 10.9 Å². The molecule has 1 atom stereocenters. The number of alkyl halides is 1. The molecule has 0 aliphatic rings. The monoisotopic (exact) mass is 371 g/mol. The minimum atomic E-state index is -3.66. The van der Waals surface area contributed by atoms with Crippen molar-refractivity contribution in [1.29, 1.82) is 0 Å². The van der Waals surface area contributed by atoms with Gasteiger partial charge in [0.05, 0.1) is 4.90 Å². The summed E-state index contributed by atoms with van der Waals surface area (Å²) in [5.41, 5.74) is 1.05. The van der Waals surface area contributed by atoms with E-state index in [4.69, 9.17) is 0 Å². The fourth-order valence-corrected chi connectivity index (χ4v) is 3.77. The molecule has 1 unspecified atom stereocenters. The average Bonchev–Trinajstić information content (AvgIpc) is 2.48. The van der Waals surface area contributed by atoms with Crippen LogP contribution < -0.4 is 4.72 Å². The number of sulfonamides is 1. The van der Waals surface area contributed by atoms with Crippen molar-refractivity contribution < 1.29 is 12.8 Å². The molecule has 0 radical (unpaired) electrons. The van der Waals surface area contributed by atoms with Crippen molar-refractivity contribution in [3.63, 3.8) is 0 Å². The first kappa shape index (κ1) is 16.1. The van der Waals surface area contributed by atoms with Gasteiger partial charge in [0.2, 0.25) is 10.0 Å². The van der Waals surface area contributed by atoms with E-state index in [9.17, 15) is 12.8 Å². The molecule has 112 valence electrons. The van der Waals surface area contributed by atoms with Crippen LogP contribution in [0, 0.1) is 5.82 Å². The smallest absolute Gasteiger partial charge is 0.207 e. The predicted molar refractivity (Wildman–Crippen MR) is 84.4 cm³/mol. The number of nitrogens with one attached hydrogen (secondary N) is 1.